The molecule has 0 spiro atoms. The lowest BCUT2D eigenvalue weighted by Gasteiger charge is -2.12. The first kappa shape index (κ1) is 21.8. The lowest BCUT2D eigenvalue weighted by molar-refractivity contribution is -0.147. The Morgan fingerprint density at radius 3 is 2.40 bits per heavy atom. The molecule has 0 aliphatic rings. The number of imidazole rings is 1. The zero-order chi connectivity index (χ0) is 21.8. The number of amides is 1. The number of halogens is 3. The van der Waals surface area contributed by atoms with Gasteiger partial charge in [0.25, 0.3) is 0 Å². The Morgan fingerprint density at radius 1 is 1.03 bits per heavy atom. The van der Waals surface area contributed by atoms with Crippen LogP contribution >= 0.6 is 0 Å². The summed E-state index contributed by atoms with van der Waals surface area (Å²) >= 11 is 0. The fraction of sp³-hybridized carbons (Fsp3) is 0.263. The van der Waals surface area contributed by atoms with E-state index in [0.717, 1.165) is 10.1 Å². The smallest absolute Gasteiger partial charge is 0.353 e. The molecule has 2 N–H and O–H groups in total. The van der Waals surface area contributed by atoms with E-state index in [2.05, 4.69) is 15.0 Å². The van der Waals surface area contributed by atoms with Crippen LogP contribution < -0.4 is 10.0 Å². The minimum absolute atomic E-state index is 0.104. The van der Waals surface area contributed by atoms with Crippen molar-refractivity contribution in [2.24, 2.45) is 0 Å². The van der Waals surface area contributed by atoms with E-state index < -0.39 is 40.2 Å². The molecule has 30 heavy (non-hydrogen) atoms. The minimum Gasteiger partial charge on any atom is -0.353 e. The van der Waals surface area contributed by atoms with Crippen molar-refractivity contribution < 1.29 is 26.4 Å². The maximum absolute atomic E-state index is 13.3. The molecule has 1 aromatic heterocycles. The second-order valence-corrected chi connectivity index (χ2v) is 8.41. The van der Waals surface area contributed by atoms with E-state index in [4.69, 9.17) is 0 Å². The van der Waals surface area contributed by atoms with E-state index in [9.17, 15) is 26.4 Å². The lowest BCUT2D eigenvalue weighted by atomic mass is 10.2. The number of benzene rings is 2. The van der Waals surface area contributed by atoms with E-state index in [1.54, 1.807) is 42.5 Å². The molecule has 0 unspecified atom stereocenters. The average molecular weight is 440 g/mol. The van der Waals surface area contributed by atoms with Gasteiger partial charge in [-0.2, -0.15) is 13.2 Å². The van der Waals surface area contributed by atoms with Crippen molar-refractivity contribution in [2.45, 2.75) is 19.3 Å². The van der Waals surface area contributed by atoms with Crippen LogP contribution in [0, 0.1) is 0 Å². The molecule has 1 amide bonds. The Bertz CT molecular complexity index is 1130. The van der Waals surface area contributed by atoms with Gasteiger partial charge in [0.1, 0.15) is 6.54 Å². The summed E-state index contributed by atoms with van der Waals surface area (Å²) in [6.07, 6.45) is -4.73. The Labute approximate surface area is 171 Å². The monoisotopic (exact) mass is 440 g/mol. The van der Waals surface area contributed by atoms with Gasteiger partial charge in [0.05, 0.1) is 16.8 Å². The standard InChI is InChI=1S/C19H19F3N4O3S/c20-19(21,22)18-25-15-8-4-5-9-16(15)26(18)13-17(27)23-10-11-30(28,29)24-12-14-6-2-1-3-7-14/h1-9,24H,10-13H2,(H,23,27). The van der Waals surface area contributed by atoms with Crippen LogP contribution in [0.25, 0.3) is 11.0 Å². The molecule has 0 atom stereocenters. The molecule has 0 aliphatic carbocycles. The van der Waals surface area contributed by atoms with Crippen molar-refractivity contribution in [3.63, 3.8) is 0 Å². The van der Waals surface area contributed by atoms with Gasteiger partial charge < -0.3 is 9.88 Å². The minimum atomic E-state index is -4.73. The van der Waals surface area contributed by atoms with Crippen molar-refractivity contribution in [3.05, 3.63) is 66.0 Å². The van der Waals surface area contributed by atoms with Crippen LogP contribution in [0.15, 0.2) is 54.6 Å². The second kappa shape index (κ2) is 8.84. The third kappa shape index (κ3) is 5.57. The van der Waals surface area contributed by atoms with E-state index in [0.29, 0.717) is 0 Å². The Balaban J connectivity index is 1.58. The predicted octanol–water partition coefficient (Wildman–Crippen LogP) is 2.29. The Hall–Kier alpha value is -2.92. The Kier molecular flexibility index (Phi) is 6.42. The number of nitrogens with zero attached hydrogens (tertiary/aromatic N) is 2. The van der Waals surface area contributed by atoms with Crippen LogP contribution in [-0.4, -0.2) is 36.2 Å². The largest absolute Gasteiger partial charge is 0.449 e. The summed E-state index contributed by atoms with van der Waals surface area (Å²) in [6.45, 7) is -0.767. The van der Waals surface area contributed by atoms with E-state index in [-0.39, 0.29) is 24.1 Å². The van der Waals surface area contributed by atoms with Gasteiger partial charge in [-0.05, 0) is 17.7 Å². The van der Waals surface area contributed by atoms with Gasteiger partial charge >= 0.3 is 6.18 Å². The number of para-hydroxylation sites is 2. The summed E-state index contributed by atoms with van der Waals surface area (Å²) < 4.78 is 67.1. The number of rotatable bonds is 8. The molecule has 7 nitrogen and oxygen atoms in total. The van der Waals surface area contributed by atoms with Crippen LogP contribution in [0.3, 0.4) is 0 Å². The maximum Gasteiger partial charge on any atom is 0.449 e. The predicted molar refractivity (Wildman–Crippen MR) is 105 cm³/mol. The molecule has 1 heterocycles. The van der Waals surface area contributed by atoms with Crippen molar-refractivity contribution in [1.82, 2.24) is 19.6 Å². The zero-order valence-corrected chi connectivity index (χ0v) is 16.5. The molecular weight excluding hydrogens is 421 g/mol. The van der Waals surface area contributed by atoms with Gasteiger partial charge in [0.15, 0.2) is 0 Å². The van der Waals surface area contributed by atoms with Crippen LogP contribution in [0.5, 0.6) is 0 Å². The van der Waals surface area contributed by atoms with Crippen molar-refractivity contribution >= 4 is 27.0 Å². The summed E-state index contributed by atoms with van der Waals surface area (Å²) in [4.78, 5) is 15.7. The molecule has 3 aromatic rings. The summed E-state index contributed by atoms with van der Waals surface area (Å²) in [5.41, 5.74) is 1.05. The fourth-order valence-corrected chi connectivity index (χ4v) is 3.74. The first-order valence-corrected chi connectivity index (χ1v) is 10.6. The molecule has 2 aromatic carbocycles. The zero-order valence-electron chi connectivity index (χ0n) is 15.7. The van der Waals surface area contributed by atoms with Crippen LogP contribution in [0.2, 0.25) is 0 Å². The third-order valence-electron chi connectivity index (χ3n) is 4.24. The molecule has 0 fully saturated rings. The summed E-state index contributed by atoms with van der Waals surface area (Å²) in [7, 11) is -3.67. The highest BCUT2D eigenvalue weighted by Gasteiger charge is 2.37. The molecule has 0 saturated heterocycles. The number of aromatic nitrogens is 2. The SMILES string of the molecule is O=C(Cn1c(C(F)(F)F)nc2ccccc21)NCCS(=O)(=O)NCc1ccccc1. The number of fused-ring (bicyclic) bond motifs is 1. The second-order valence-electron chi connectivity index (χ2n) is 6.48. The lowest BCUT2D eigenvalue weighted by Crippen LogP contribution is -2.36. The molecule has 0 bridgehead atoms. The summed E-state index contributed by atoms with van der Waals surface area (Å²) in [5.74, 6) is -2.33. The normalized spacial score (nSPS) is 12.2. The van der Waals surface area contributed by atoms with E-state index >= 15 is 0 Å². The topological polar surface area (TPSA) is 93.1 Å². The average Bonchev–Trinajstić information content (AvgIpc) is 3.06. The molecule has 11 heteroatoms. The van der Waals surface area contributed by atoms with Gasteiger partial charge in [-0.25, -0.2) is 18.1 Å². The molecule has 3 rings (SSSR count). The highest BCUT2D eigenvalue weighted by molar-refractivity contribution is 7.89. The van der Waals surface area contributed by atoms with Crippen molar-refractivity contribution in [1.29, 1.82) is 0 Å². The molecule has 160 valence electrons. The Morgan fingerprint density at radius 2 is 1.70 bits per heavy atom. The molecule has 0 saturated carbocycles. The van der Waals surface area contributed by atoms with Crippen molar-refractivity contribution in [3.8, 4) is 0 Å². The summed E-state index contributed by atoms with van der Waals surface area (Å²) in [5, 5.41) is 2.34. The van der Waals surface area contributed by atoms with Crippen molar-refractivity contribution in [2.75, 3.05) is 12.3 Å². The van der Waals surface area contributed by atoms with Gasteiger partial charge in [-0.1, -0.05) is 42.5 Å². The number of carbonyl (C=O) groups is 1. The fourth-order valence-electron chi connectivity index (χ4n) is 2.84. The van der Waals surface area contributed by atoms with Crippen LogP contribution in [0.4, 0.5) is 13.2 Å². The van der Waals surface area contributed by atoms with Gasteiger partial charge in [0, 0.05) is 13.1 Å². The van der Waals surface area contributed by atoms with E-state index in [1.165, 1.54) is 12.1 Å². The third-order valence-corrected chi connectivity index (χ3v) is 5.57. The number of nitrogens with one attached hydrogen (secondary N) is 2. The summed E-state index contributed by atoms with van der Waals surface area (Å²) in [6, 6.07) is 14.8. The van der Waals surface area contributed by atoms with Crippen LogP contribution in [0.1, 0.15) is 11.4 Å². The number of hydrogen-bond acceptors (Lipinski definition) is 4. The highest BCUT2D eigenvalue weighted by Crippen LogP contribution is 2.31. The first-order chi connectivity index (χ1) is 14.2. The number of carbonyl (C=O) groups excluding carboxylic acids is 1. The number of alkyl halides is 3. The van der Waals surface area contributed by atoms with Crippen LogP contribution in [-0.2, 0) is 34.1 Å². The molecule has 0 aliphatic heterocycles. The van der Waals surface area contributed by atoms with Gasteiger partial charge in [-0.3, -0.25) is 4.79 Å². The first-order valence-electron chi connectivity index (χ1n) is 8.96. The highest BCUT2D eigenvalue weighted by atomic mass is 32.2. The number of sulfonamides is 1. The molecular formula is C19H19F3N4O3S. The maximum atomic E-state index is 13.3. The van der Waals surface area contributed by atoms with E-state index in [1.807, 2.05) is 0 Å². The number of hydrogen-bond donors (Lipinski definition) is 2. The quantitative estimate of drug-likeness (QED) is 0.562. The van der Waals surface area contributed by atoms with Gasteiger partial charge in [0.2, 0.25) is 21.8 Å². The van der Waals surface area contributed by atoms with Gasteiger partial charge in [-0.15, -0.1) is 0 Å². The molecule has 0 radical (unpaired) electrons.